The normalized spacial score (nSPS) is 41.7. The van der Waals surface area contributed by atoms with Crippen LogP contribution in [0.4, 0.5) is 0 Å². The molecule has 0 aromatic carbocycles. The minimum absolute atomic E-state index is 0.122. The lowest BCUT2D eigenvalue weighted by atomic mass is 9.78. The van der Waals surface area contributed by atoms with Gasteiger partial charge in [0.1, 0.15) is 0 Å². The van der Waals surface area contributed by atoms with Gasteiger partial charge < -0.3 is 5.11 Å². The van der Waals surface area contributed by atoms with Crippen molar-refractivity contribution in [2.75, 3.05) is 20.1 Å². The molecular weight excluding hydrogens is 204 g/mol. The van der Waals surface area contributed by atoms with E-state index < -0.39 is 5.97 Å². The number of likely N-dealkylation sites (N-methyl/N-ethyl adjacent to an activating group) is 1. The first kappa shape index (κ1) is 11.9. The minimum Gasteiger partial charge on any atom is -0.481 e. The zero-order chi connectivity index (χ0) is 11.9. The number of nitrogens with zero attached hydrogens (tertiary/aromatic N) is 2. The summed E-state index contributed by atoms with van der Waals surface area (Å²) >= 11 is 0. The lowest BCUT2D eigenvalue weighted by Crippen LogP contribution is -2.61. The molecule has 1 heterocycles. The van der Waals surface area contributed by atoms with Crippen molar-refractivity contribution >= 4 is 5.97 Å². The van der Waals surface area contributed by atoms with Crippen LogP contribution in [0.5, 0.6) is 0 Å². The van der Waals surface area contributed by atoms with Crippen LogP contribution in [0, 0.1) is 5.92 Å². The molecule has 1 N–H and O–H groups in total. The van der Waals surface area contributed by atoms with Crippen LogP contribution in [0.2, 0.25) is 0 Å². The van der Waals surface area contributed by atoms with Gasteiger partial charge >= 0.3 is 5.97 Å². The highest BCUT2D eigenvalue weighted by Gasteiger charge is 2.42. The third-order valence-corrected chi connectivity index (χ3v) is 4.41. The van der Waals surface area contributed by atoms with Gasteiger partial charge in [-0.2, -0.15) is 0 Å². The van der Waals surface area contributed by atoms with E-state index >= 15 is 0 Å². The molecule has 4 atom stereocenters. The summed E-state index contributed by atoms with van der Waals surface area (Å²) in [6.45, 7) is 6.46. The molecule has 1 aliphatic carbocycles. The molecule has 0 amide bonds. The first-order valence-electron chi connectivity index (χ1n) is 6.19. The van der Waals surface area contributed by atoms with Gasteiger partial charge in [0.25, 0.3) is 0 Å². The van der Waals surface area contributed by atoms with Crippen LogP contribution < -0.4 is 0 Å². The number of aliphatic carboxylic acids is 1. The molecule has 0 aromatic rings. The van der Waals surface area contributed by atoms with Crippen molar-refractivity contribution in [2.45, 2.75) is 44.8 Å². The summed E-state index contributed by atoms with van der Waals surface area (Å²) in [6, 6.07) is 1.34. The summed E-state index contributed by atoms with van der Waals surface area (Å²) in [5, 5.41) is 9.08. The monoisotopic (exact) mass is 226 g/mol. The van der Waals surface area contributed by atoms with E-state index in [0.29, 0.717) is 12.1 Å². The maximum Gasteiger partial charge on any atom is 0.308 e. The van der Waals surface area contributed by atoms with Crippen molar-refractivity contribution in [3.63, 3.8) is 0 Å². The number of hydrogen-bond acceptors (Lipinski definition) is 3. The van der Waals surface area contributed by atoms with Crippen LogP contribution in [0.3, 0.4) is 0 Å². The van der Waals surface area contributed by atoms with Gasteiger partial charge in [0, 0.05) is 31.2 Å². The molecule has 4 heteroatoms. The number of carboxylic acids is 1. The standard InChI is InChI=1S/C12H22N2O2/c1-8-6-14(7-9(2)13(8)3)11-5-4-10(11)12(15)16/h8-11H,4-7H2,1-3H3,(H,15,16). The molecule has 4 nitrogen and oxygen atoms in total. The third kappa shape index (κ3) is 1.96. The summed E-state index contributed by atoms with van der Waals surface area (Å²) in [6.07, 6.45) is 1.91. The first-order valence-corrected chi connectivity index (χ1v) is 6.19. The van der Waals surface area contributed by atoms with Gasteiger partial charge in [-0.15, -0.1) is 0 Å². The fraction of sp³-hybridized carbons (Fsp3) is 0.917. The van der Waals surface area contributed by atoms with Crippen LogP contribution in [-0.4, -0.2) is 59.1 Å². The molecule has 0 bridgehead atoms. The smallest absolute Gasteiger partial charge is 0.308 e. The summed E-state index contributed by atoms with van der Waals surface area (Å²) in [7, 11) is 2.15. The van der Waals surface area contributed by atoms with Crippen molar-refractivity contribution in [1.29, 1.82) is 0 Å². The van der Waals surface area contributed by atoms with E-state index in [1.165, 1.54) is 0 Å². The van der Waals surface area contributed by atoms with Crippen LogP contribution in [0.15, 0.2) is 0 Å². The molecule has 1 saturated carbocycles. The van der Waals surface area contributed by atoms with Crippen LogP contribution >= 0.6 is 0 Å². The van der Waals surface area contributed by atoms with Gasteiger partial charge in [0.2, 0.25) is 0 Å². The Bertz CT molecular complexity index is 270. The second-order valence-electron chi connectivity index (χ2n) is 5.41. The Hall–Kier alpha value is -0.610. The van der Waals surface area contributed by atoms with Gasteiger partial charge in [-0.3, -0.25) is 14.6 Å². The summed E-state index contributed by atoms with van der Waals surface area (Å²) in [4.78, 5) is 15.8. The molecule has 16 heavy (non-hydrogen) atoms. The van der Waals surface area contributed by atoms with E-state index in [9.17, 15) is 4.79 Å². The Labute approximate surface area is 97.2 Å². The SMILES string of the molecule is CC1CN(C2CCC2C(=O)O)CC(C)N1C. The van der Waals surface area contributed by atoms with Crippen molar-refractivity contribution in [1.82, 2.24) is 9.80 Å². The second kappa shape index (κ2) is 4.34. The molecule has 0 radical (unpaired) electrons. The molecule has 92 valence electrons. The average Bonchev–Trinajstić information content (AvgIpc) is 2.11. The van der Waals surface area contributed by atoms with E-state index in [-0.39, 0.29) is 12.0 Å². The lowest BCUT2D eigenvalue weighted by molar-refractivity contribution is -0.150. The van der Waals surface area contributed by atoms with E-state index in [0.717, 1.165) is 25.9 Å². The Balaban J connectivity index is 1.98. The number of rotatable bonds is 2. The van der Waals surface area contributed by atoms with Crippen molar-refractivity contribution in [3.8, 4) is 0 Å². The molecule has 2 rings (SSSR count). The summed E-state index contributed by atoms with van der Waals surface area (Å²) in [5.41, 5.74) is 0. The maximum absolute atomic E-state index is 11.0. The van der Waals surface area contributed by atoms with Crippen molar-refractivity contribution in [2.24, 2.45) is 5.92 Å². The highest BCUT2D eigenvalue weighted by molar-refractivity contribution is 5.72. The summed E-state index contributed by atoms with van der Waals surface area (Å²) < 4.78 is 0. The van der Waals surface area contributed by atoms with Gasteiger partial charge in [-0.1, -0.05) is 0 Å². The Morgan fingerprint density at radius 1 is 1.19 bits per heavy atom. The molecule has 0 spiro atoms. The largest absolute Gasteiger partial charge is 0.481 e. The molecule has 1 saturated heterocycles. The van der Waals surface area contributed by atoms with Crippen molar-refractivity contribution in [3.05, 3.63) is 0 Å². The molecule has 0 aromatic heterocycles. The quantitative estimate of drug-likeness (QED) is 0.759. The number of hydrogen-bond donors (Lipinski definition) is 1. The average molecular weight is 226 g/mol. The second-order valence-corrected chi connectivity index (χ2v) is 5.41. The van der Waals surface area contributed by atoms with Crippen LogP contribution in [0.25, 0.3) is 0 Å². The fourth-order valence-electron chi connectivity index (χ4n) is 2.92. The van der Waals surface area contributed by atoms with Gasteiger partial charge in [0.15, 0.2) is 0 Å². The molecule has 2 fully saturated rings. The highest BCUT2D eigenvalue weighted by atomic mass is 16.4. The zero-order valence-corrected chi connectivity index (χ0v) is 10.4. The Kier molecular flexibility index (Phi) is 3.22. The van der Waals surface area contributed by atoms with Gasteiger partial charge in [0.05, 0.1) is 5.92 Å². The maximum atomic E-state index is 11.0. The minimum atomic E-state index is -0.615. The Morgan fingerprint density at radius 2 is 1.75 bits per heavy atom. The molecular formula is C12H22N2O2. The number of carbonyl (C=O) groups is 1. The highest BCUT2D eigenvalue weighted by Crippen LogP contribution is 2.34. The van der Waals surface area contributed by atoms with Crippen LogP contribution in [-0.2, 0) is 4.79 Å². The summed E-state index contributed by atoms with van der Waals surface area (Å²) in [5.74, 6) is -0.738. The topological polar surface area (TPSA) is 43.8 Å². The first-order chi connectivity index (χ1) is 7.50. The number of carboxylic acid groups (broad SMARTS) is 1. The predicted molar refractivity (Wildman–Crippen MR) is 62.4 cm³/mol. The van der Waals surface area contributed by atoms with E-state index in [4.69, 9.17) is 5.11 Å². The van der Waals surface area contributed by atoms with E-state index in [1.807, 2.05) is 0 Å². The third-order valence-electron chi connectivity index (χ3n) is 4.41. The van der Waals surface area contributed by atoms with Crippen LogP contribution in [0.1, 0.15) is 26.7 Å². The van der Waals surface area contributed by atoms with Crippen molar-refractivity contribution < 1.29 is 9.90 Å². The van der Waals surface area contributed by atoms with E-state index in [1.54, 1.807) is 0 Å². The zero-order valence-electron chi connectivity index (χ0n) is 10.4. The Morgan fingerprint density at radius 3 is 2.12 bits per heavy atom. The molecule has 4 unspecified atom stereocenters. The predicted octanol–water partition coefficient (Wildman–Crippen LogP) is 0.874. The molecule has 2 aliphatic rings. The van der Waals surface area contributed by atoms with E-state index in [2.05, 4.69) is 30.7 Å². The lowest BCUT2D eigenvalue weighted by Gasteiger charge is -2.50. The molecule has 1 aliphatic heterocycles. The number of piperazine rings is 1. The van der Waals surface area contributed by atoms with Gasteiger partial charge in [-0.25, -0.2) is 0 Å². The van der Waals surface area contributed by atoms with Gasteiger partial charge in [-0.05, 0) is 33.7 Å². The fourth-order valence-corrected chi connectivity index (χ4v) is 2.92.